The van der Waals surface area contributed by atoms with Gasteiger partial charge in [-0.1, -0.05) is 5.21 Å². The fourth-order valence-corrected chi connectivity index (χ4v) is 0.920. The molecular weight excluding hydrogens is 144 g/mol. The van der Waals surface area contributed by atoms with E-state index in [1.54, 1.807) is 11.7 Å². The second kappa shape index (κ2) is 1.88. The summed E-state index contributed by atoms with van der Waals surface area (Å²) in [5, 5.41) is 7.50. The predicted octanol–water partition coefficient (Wildman–Crippen LogP) is -0.659. The quantitative estimate of drug-likeness (QED) is 0.539. The van der Waals surface area contributed by atoms with Crippen LogP contribution in [-0.2, 0) is 7.05 Å². The van der Waals surface area contributed by atoms with Gasteiger partial charge in [0, 0.05) is 7.05 Å². The van der Waals surface area contributed by atoms with Gasteiger partial charge in [0.2, 0.25) is 5.65 Å². The zero-order valence-corrected chi connectivity index (χ0v) is 5.89. The van der Waals surface area contributed by atoms with Crippen molar-refractivity contribution in [2.24, 2.45) is 7.05 Å². The summed E-state index contributed by atoms with van der Waals surface area (Å²) in [4.78, 5) is 7.68. The molecule has 0 bridgehead atoms. The third-order valence-electron chi connectivity index (χ3n) is 1.43. The van der Waals surface area contributed by atoms with Crippen molar-refractivity contribution in [2.75, 3.05) is 5.73 Å². The molecule has 2 heterocycles. The van der Waals surface area contributed by atoms with Crippen LogP contribution in [-0.4, -0.2) is 25.0 Å². The van der Waals surface area contributed by atoms with Crippen molar-refractivity contribution in [2.45, 2.75) is 0 Å². The lowest BCUT2D eigenvalue weighted by Gasteiger charge is -1.93. The lowest BCUT2D eigenvalue weighted by atomic mass is 10.5. The number of hydrogen-bond donors (Lipinski definition) is 1. The summed E-state index contributed by atoms with van der Waals surface area (Å²) in [5.74, 6) is 0.405. The van der Waals surface area contributed by atoms with E-state index in [4.69, 9.17) is 5.73 Å². The molecule has 0 spiro atoms. The third kappa shape index (κ3) is 0.721. The molecule has 0 aliphatic carbocycles. The molecule has 2 aromatic heterocycles. The fourth-order valence-electron chi connectivity index (χ4n) is 0.920. The van der Waals surface area contributed by atoms with Crippen molar-refractivity contribution in [3.05, 3.63) is 6.33 Å². The van der Waals surface area contributed by atoms with Crippen molar-refractivity contribution in [1.29, 1.82) is 0 Å². The van der Waals surface area contributed by atoms with Gasteiger partial charge in [0.1, 0.15) is 11.8 Å². The van der Waals surface area contributed by atoms with Crippen LogP contribution in [0.1, 0.15) is 0 Å². The standard InChI is InChI=1S/C5H6N6/c1-11-3-4(6)7-2-8-5(3)9-10-11/h2H,1H3,(H2,6,7,8). The van der Waals surface area contributed by atoms with Crippen LogP contribution in [0.2, 0.25) is 0 Å². The summed E-state index contributed by atoms with van der Waals surface area (Å²) < 4.78 is 1.55. The first-order valence-corrected chi connectivity index (χ1v) is 3.05. The summed E-state index contributed by atoms with van der Waals surface area (Å²) in [5.41, 5.74) is 6.75. The van der Waals surface area contributed by atoms with Crippen LogP contribution >= 0.6 is 0 Å². The Kier molecular flexibility index (Phi) is 1.03. The first-order valence-electron chi connectivity index (χ1n) is 3.05. The van der Waals surface area contributed by atoms with E-state index >= 15 is 0 Å². The molecule has 0 saturated carbocycles. The van der Waals surface area contributed by atoms with Gasteiger partial charge < -0.3 is 5.73 Å². The molecule has 0 amide bonds. The van der Waals surface area contributed by atoms with Crippen LogP contribution in [0, 0.1) is 0 Å². The van der Waals surface area contributed by atoms with E-state index in [0.717, 1.165) is 0 Å². The number of hydrogen-bond acceptors (Lipinski definition) is 5. The highest BCUT2D eigenvalue weighted by molar-refractivity contribution is 5.80. The van der Waals surface area contributed by atoms with Gasteiger partial charge >= 0.3 is 0 Å². The first kappa shape index (κ1) is 6.02. The van der Waals surface area contributed by atoms with E-state index in [2.05, 4.69) is 20.3 Å². The number of aryl methyl sites for hydroxylation is 1. The number of nitrogens with two attached hydrogens (primary N) is 1. The molecule has 0 saturated heterocycles. The molecule has 0 aliphatic heterocycles. The van der Waals surface area contributed by atoms with Crippen molar-refractivity contribution in [3.8, 4) is 0 Å². The Bertz CT molecular complexity index is 391. The molecule has 0 aromatic carbocycles. The topological polar surface area (TPSA) is 82.5 Å². The number of rotatable bonds is 0. The number of anilines is 1. The van der Waals surface area contributed by atoms with Crippen molar-refractivity contribution in [1.82, 2.24) is 25.0 Å². The number of nitrogens with zero attached hydrogens (tertiary/aromatic N) is 5. The fraction of sp³-hybridized carbons (Fsp3) is 0.200. The lowest BCUT2D eigenvalue weighted by molar-refractivity contribution is 0.736. The molecule has 0 aliphatic rings. The zero-order chi connectivity index (χ0) is 7.84. The van der Waals surface area contributed by atoms with Crippen molar-refractivity contribution < 1.29 is 0 Å². The Balaban J connectivity index is 2.96. The first-order chi connectivity index (χ1) is 5.29. The van der Waals surface area contributed by atoms with E-state index in [9.17, 15) is 0 Å². The maximum atomic E-state index is 5.55. The molecule has 0 radical (unpaired) electrons. The van der Waals surface area contributed by atoms with Crippen LogP contribution in [0.5, 0.6) is 0 Å². The normalized spacial score (nSPS) is 10.6. The zero-order valence-electron chi connectivity index (χ0n) is 5.89. The Morgan fingerprint density at radius 1 is 1.45 bits per heavy atom. The maximum Gasteiger partial charge on any atom is 0.207 e. The summed E-state index contributed by atoms with van der Waals surface area (Å²) in [6.07, 6.45) is 1.37. The minimum Gasteiger partial charge on any atom is -0.382 e. The van der Waals surface area contributed by atoms with Gasteiger partial charge in [-0.25, -0.2) is 14.6 Å². The van der Waals surface area contributed by atoms with Crippen LogP contribution in [0.25, 0.3) is 11.2 Å². The maximum absolute atomic E-state index is 5.55. The Hall–Kier alpha value is -1.72. The van der Waals surface area contributed by atoms with Crippen LogP contribution in [0.3, 0.4) is 0 Å². The summed E-state index contributed by atoms with van der Waals surface area (Å²) in [6.45, 7) is 0. The minimum absolute atomic E-state index is 0.405. The van der Waals surface area contributed by atoms with Crippen LogP contribution in [0.15, 0.2) is 6.33 Å². The second-order valence-corrected chi connectivity index (χ2v) is 2.14. The Morgan fingerprint density at radius 3 is 3.00 bits per heavy atom. The van der Waals surface area contributed by atoms with Gasteiger partial charge in [0.05, 0.1) is 0 Å². The van der Waals surface area contributed by atoms with Gasteiger partial charge in [-0.2, -0.15) is 0 Å². The number of fused-ring (bicyclic) bond motifs is 1. The molecule has 2 rings (SSSR count). The number of nitrogen functional groups attached to an aromatic ring is 1. The highest BCUT2D eigenvalue weighted by atomic mass is 15.4. The lowest BCUT2D eigenvalue weighted by Crippen LogP contribution is -1.97. The van der Waals surface area contributed by atoms with E-state index < -0.39 is 0 Å². The van der Waals surface area contributed by atoms with E-state index in [0.29, 0.717) is 17.0 Å². The summed E-state index contributed by atoms with van der Waals surface area (Å²) >= 11 is 0. The molecule has 2 N–H and O–H groups in total. The highest BCUT2D eigenvalue weighted by Crippen LogP contribution is 2.10. The average molecular weight is 150 g/mol. The molecule has 6 heteroatoms. The molecule has 56 valence electrons. The molecule has 0 fully saturated rings. The molecule has 2 aromatic rings. The van der Waals surface area contributed by atoms with Gasteiger partial charge in [0.25, 0.3) is 0 Å². The van der Waals surface area contributed by atoms with Gasteiger partial charge in [-0.05, 0) is 0 Å². The van der Waals surface area contributed by atoms with Crippen LogP contribution < -0.4 is 5.73 Å². The Morgan fingerprint density at radius 2 is 2.27 bits per heavy atom. The predicted molar refractivity (Wildman–Crippen MR) is 38.5 cm³/mol. The smallest absolute Gasteiger partial charge is 0.207 e. The average Bonchev–Trinajstić information content (AvgIpc) is 2.34. The molecule has 11 heavy (non-hydrogen) atoms. The van der Waals surface area contributed by atoms with E-state index in [-0.39, 0.29) is 0 Å². The molecule has 6 nitrogen and oxygen atoms in total. The van der Waals surface area contributed by atoms with Gasteiger partial charge in [0.15, 0.2) is 5.82 Å². The van der Waals surface area contributed by atoms with Crippen molar-refractivity contribution in [3.63, 3.8) is 0 Å². The minimum atomic E-state index is 0.405. The highest BCUT2D eigenvalue weighted by Gasteiger charge is 2.05. The largest absolute Gasteiger partial charge is 0.382 e. The SMILES string of the molecule is Cn1nnc2ncnc(N)c21. The van der Waals surface area contributed by atoms with Crippen molar-refractivity contribution >= 4 is 17.0 Å². The monoisotopic (exact) mass is 150 g/mol. The van der Waals surface area contributed by atoms with E-state index in [1.807, 2.05) is 0 Å². The Labute approximate surface area is 62.1 Å². The molecule has 0 atom stereocenters. The molecular formula is C5H6N6. The molecule has 0 unspecified atom stereocenters. The van der Waals surface area contributed by atoms with Gasteiger partial charge in [-0.3, -0.25) is 0 Å². The van der Waals surface area contributed by atoms with Crippen LogP contribution in [0.4, 0.5) is 5.82 Å². The third-order valence-corrected chi connectivity index (χ3v) is 1.43. The number of aromatic nitrogens is 5. The van der Waals surface area contributed by atoms with E-state index in [1.165, 1.54) is 6.33 Å². The van der Waals surface area contributed by atoms with Gasteiger partial charge in [-0.15, -0.1) is 5.10 Å². The summed E-state index contributed by atoms with van der Waals surface area (Å²) in [6, 6.07) is 0. The second-order valence-electron chi connectivity index (χ2n) is 2.14. The summed E-state index contributed by atoms with van der Waals surface area (Å²) in [7, 11) is 1.75.